The number of carbonyl (C=O) groups is 1. The van der Waals surface area contributed by atoms with Crippen LogP contribution >= 0.6 is 0 Å². The van der Waals surface area contributed by atoms with Crippen molar-refractivity contribution in [3.8, 4) is 0 Å². The molecule has 92 valence electrons. The van der Waals surface area contributed by atoms with Crippen LogP contribution in [0.4, 0.5) is 27.6 Å². The van der Waals surface area contributed by atoms with Crippen LogP contribution in [0.1, 0.15) is 12.8 Å². The van der Waals surface area contributed by atoms with Crippen molar-refractivity contribution in [2.45, 2.75) is 12.8 Å². The highest BCUT2D eigenvalue weighted by atomic mass is 19.2. The van der Waals surface area contributed by atoms with Crippen molar-refractivity contribution < 1.29 is 26.7 Å². The van der Waals surface area contributed by atoms with Crippen LogP contribution in [0.15, 0.2) is 0 Å². The highest BCUT2D eigenvalue weighted by Crippen LogP contribution is 2.32. The van der Waals surface area contributed by atoms with Crippen LogP contribution < -0.4 is 5.32 Å². The van der Waals surface area contributed by atoms with E-state index in [0.717, 1.165) is 0 Å². The minimum Gasteiger partial charge on any atom is -0.321 e. The molecule has 2 nitrogen and oxygen atoms in total. The van der Waals surface area contributed by atoms with Crippen LogP contribution in [0.5, 0.6) is 0 Å². The quantitative estimate of drug-likeness (QED) is 0.488. The molecule has 0 aliphatic heterocycles. The van der Waals surface area contributed by atoms with Gasteiger partial charge in [-0.1, -0.05) is 0 Å². The molecule has 1 aromatic rings. The molecule has 0 aromatic heterocycles. The Morgan fingerprint density at radius 3 is 1.71 bits per heavy atom. The molecule has 1 N–H and O–H groups in total. The molecule has 1 aromatic carbocycles. The monoisotopic (exact) mass is 251 g/mol. The minimum atomic E-state index is -2.25. The van der Waals surface area contributed by atoms with Gasteiger partial charge in [-0.15, -0.1) is 0 Å². The summed E-state index contributed by atoms with van der Waals surface area (Å²) in [5, 5.41) is 1.71. The maximum absolute atomic E-state index is 13.1. The lowest BCUT2D eigenvalue weighted by molar-refractivity contribution is -0.117. The van der Waals surface area contributed by atoms with Gasteiger partial charge in [-0.2, -0.15) is 0 Å². The van der Waals surface area contributed by atoms with E-state index in [1.54, 1.807) is 5.32 Å². The zero-order valence-electron chi connectivity index (χ0n) is 8.29. The summed E-state index contributed by atoms with van der Waals surface area (Å²) >= 11 is 0. The second-order valence-electron chi connectivity index (χ2n) is 3.71. The summed E-state index contributed by atoms with van der Waals surface area (Å²) in [5.41, 5.74) is -1.29. The predicted molar refractivity (Wildman–Crippen MR) is 47.6 cm³/mol. The van der Waals surface area contributed by atoms with Gasteiger partial charge >= 0.3 is 0 Å². The van der Waals surface area contributed by atoms with Crippen LogP contribution in [0.2, 0.25) is 0 Å². The van der Waals surface area contributed by atoms with Crippen LogP contribution in [0, 0.1) is 35.0 Å². The number of anilines is 1. The molecule has 7 heteroatoms. The first-order valence-corrected chi connectivity index (χ1v) is 4.75. The van der Waals surface area contributed by atoms with Crippen molar-refractivity contribution in [1.82, 2.24) is 0 Å². The smallest absolute Gasteiger partial charge is 0.227 e. The summed E-state index contributed by atoms with van der Waals surface area (Å²) in [6.07, 6.45) is 1.09. The van der Waals surface area contributed by atoms with Gasteiger partial charge in [0.25, 0.3) is 0 Å². The molecule has 0 saturated heterocycles. The van der Waals surface area contributed by atoms with Gasteiger partial charge in [0.1, 0.15) is 5.69 Å². The van der Waals surface area contributed by atoms with Crippen molar-refractivity contribution in [2.24, 2.45) is 5.92 Å². The Bertz CT molecular complexity index is 469. The molecule has 0 spiro atoms. The standard InChI is InChI=1S/C10H6F5NO/c11-4-5(12)7(14)9(8(15)6(4)13)16-10(17)3-1-2-3/h3H,1-2H2,(H,16,17). The Balaban J connectivity index is 2.42. The van der Waals surface area contributed by atoms with Gasteiger partial charge in [0.15, 0.2) is 23.3 Å². The Morgan fingerprint density at radius 1 is 0.882 bits per heavy atom. The second-order valence-corrected chi connectivity index (χ2v) is 3.71. The van der Waals surface area contributed by atoms with Crippen molar-refractivity contribution in [2.75, 3.05) is 5.32 Å². The highest BCUT2D eigenvalue weighted by Gasteiger charge is 2.33. The fourth-order valence-corrected chi connectivity index (χ4v) is 1.29. The van der Waals surface area contributed by atoms with E-state index >= 15 is 0 Å². The summed E-state index contributed by atoms with van der Waals surface area (Å²) in [6, 6.07) is 0. The molecular weight excluding hydrogens is 245 g/mol. The fourth-order valence-electron chi connectivity index (χ4n) is 1.29. The van der Waals surface area contributed by atoms with E-state index in [9.17, 15) is 26.7 Å². The van der Waals surface area contributed by atoms with Crippen LogP contribution in [0.25, 0.3) is 0 Å². The summed E-state index contributed by atoms with van der Waals surface area (Å²) < 4.78 is 64.4. The topological polar surface area (TPSA) is 29.1 Å². The summed E-state index contributed by atoms with van der Waals surface area (Å²) in [7, 11) is 0. The largest absolute Gasteiger partial charge is 0.321 e. The predicted octanol–water partition coefficient (Wildman–Crippen LogP) is 2.73. The number of benzene rings is 1. The molecule has 0 radical (unpaired) electrons. The molecule has 0 bridgehead atoms. The molecule has 1 saturated carbocycles. The lowest BCUT2D eigenvalue weighted by Gasteiger charge is -2.09. The van der Waals surface area contributed by atoms with Gasteiger partial charge in [0.2, 0.25) is 11.7 Å². The van der Waals surface area contributed by atoms with E-state index in [1.807, 2.05) is 0 Å². The number of halogens is 5. The SMILES string of the molecule is O=C(Nc1c(F)c(F)c(F)c(F)c1F)C1CC1. The first-order valence-electron chi connectivity index (χ1n) is 4.75. The minimum absolute atomic E-state index is 0.412. The Kier molecular flexibility index (Phi) is 2.76. The van der Waals surface area contributed by atoms with E-state index < -0.39 is 46.6 Å². The molecule has 0 heterocycles. The summed E-state index contributed by atoms with van der Waals surface area (Å²) in [6.45, 7) is 0. The fraction of sp³-hybridized carbons (Fsp3) is 0.300. The van der Waals surface area contributed by atoms with Gasteiger partial charge < -0.3 is 5.32 Å². The zero-order chi connectivity index (χ0) is 12.7. The Morgan fingerprint density at radius 2 is 1.29 bits per heavy atom. The maximum Gasteiger partial charge on any atom is 0.227 e. The molecule has 1 fully saturated rings. The lowest BCUT2D eigenvalue weighted by atomic mass is 10.2. The average molecular weight is 251 g/mol. The second kappa shape index (κ2) is 3.97. The Hall–Kier alpha value is -1.66. The molecule has 1 aliphatic rings. The third-order valence-electron chi connectivity index (χ3n) is 2.41. The van der Waals surface area contributed by atoms with Gasteiger partial charge in [0, 0.05) is 5.92 Å². The van der Waals surface area contributed by atoms with E-state index in [-0.39, 0.29) is 0 Å². The molecule has 0 unspecified atom stereocenters. The molecule has 0 atom stereocenters. The van der Waals surface area contributed by atoms with Crippen LogP contribution in [-0.2, 0) is 4.79 Å². The molecule has 2 rings (SSSR count). The number of hydrogen-bond donors (Lipinski definition) is 1. The molecule has 1 amide bonds. The lowest BCUT2D eigenvalue weighted by Crippen LogP contribution is -2.18. The van der Waals surface area contributed by atoms with Crippen LogP contribution in [0.3, 0.4) is 0 Å². The number of amides is 1. The van der Waals surface area contributed by atoms with E-state index in [1.165, 1.54) is 0 Å². The third kappa shape index (κ3) is 1.96. The van der Waals surface area contributed by atoms with Crippen molar-refractivity contribution in [3.05, 3.63) is 29.1 Å². The van der Waals surface area contributed by atoms with E-state index in [0.29, 0.717) is 12.8 Å². The normalized spacial score (nSPS) is 14.9. The number of rotatable bonds is 2. The van der Waals surface area contributed by atoms with Gasteiger partial charge in [0.05, 0.1) is 0 Å². The maximum atomic E-state index is 13.1. The van der Waals surface area contributed by atoms with Crippen molar-refractivity contribution in [3.63, 3.8) is 0 Å². The first kappa shape index (κ1) is 11.8. The average Bonchev–Trinajstić information content (AvgIpc) is 3.13. The molecular formula is C10H6F5NO. The van der Waals surface area contributed by atoms with E-state index in [2.05, 4.69) is 0 Å². The first-order chi connectivity index (χ1) is 7.93. The summed E-state index contributed by atoms with van der Waals surface area (Å²) in [4.78, 5) is 11.2. The van der Waals surface area contributed by atoms with Crippen LogP contribution in [-0.4, -0.2) is 5.91 Å². The Labute approximate surface area is 92.4 Å². The van der Waals surface area contributed by atoms with Crippen molar-refractivity contribution in [1.29, 1.82) is 0 Å². The molecule has 1 aliphatic carbocycles. The highest BCUT2D eigenvalue weighted by molar-refractivity contribution is 5.94. The van der Waals surface area contributed by atoms with E-state index in [4.69, 9.17) is 0 Å². The molecule has 17 heavy (non-hydrogen) atoms. The van der Waals surface area contributed by atoms with Gasteiger partial charge in [-0.3, -0.25) is 4.79 Å². The third-order valence-corrected chi connectivity index (χ3v) is 2.41. The van der Waals surface area contributed by atoms with Gasteiger partial charge in [-0.25, -0.2) is 22.0 Å². The van der Waals surface area contributed by atoms with Crippen molar-refractivity contribution >= 4 is 11.6 Å². The zero-order valence-corrected chi connectivity index (χ0v) is 8.29. The number of nitrogens with one attached hydrogen (secondary N) is 1. The van der Waals surface area contributed by atoms with Gasteiger partial charge in [-0.05, 0) is 12.8 Å². The number of carbonyl (C=O) groups excluding carboxylic acids is 1. The summed E-state index contributed by atoms with van der Waals surface area (Å²) in [5.74, 6) is -11.6. The number of hydrogen-bond acceptors (Lipinski definition) is 1.